The third-order valence-electron chi connectivity index (χ3n) is 5.56. The van der Waals surface area contributed by atoms with Crippen LogP contribution < -0.4 is 9.64 Å². The van der Waals surface area contributed by atoms with Gasteiger partial charge in [0.1, 0.15) is 10.8 Å². The molecule has 2 fully saturated rings. The van der Waals surface area contributed by atoms with E-state index in [2.05, 4.69) is 15.1 Å². The van der Waals surface area contributed by atoms with E-state index >= 15 is 0 Å². The monoisotopic (exact) mass is 386 g/mol. The van der Waals surface area contributed by atoms with Crippen LogP contribution >= 0.6 is 11.3 Å². The number of aromatic nitrogens is 2. The van der Waals surface area contributed by atoms with Crippen LogP contribution in [0.25, 0.3) is 0 Å². The van der Waals surface area contributed by atoms with E-state index in [0.717, 1.165) is 24.0 Å². The van der Waals surface area contributed by atoms with E-state index in [1.165, 1.54) is 37.1 Å². The Morgan fingerprint density at radius 2 is 1.74 bits per heavy atom. The second-order valence-electron chi connectivity index (χ2n) is 7.27. The zero-order valence-electron chi connectivity index (χ0n) is 15.8. The average molecular weight is 387 g/mol. The van der Waals surface area contributed by atoms with Crippen molar-refractivity contribution in [3.63, 3.8) is 0 Å². The van der Waals surface area contributed by atoms with Gasteiger partial charge < -0.3 is 14.5 Å². The zero-order valence-corrected chi connectivity index (χ0v) is 16.6. The van der Waals surface area contributed by atoms with Gasteiger partial charge in [0.15, 0.2) is 0 Å². The fourth-order valence-corrected chi connectivity index (χ4v) is 4.95. The van der Waals surface area contributed by atoms with E-state index in [9.17, 15) is 4.79 Å². The summed E-state index contributed by atoms with van der Waals surface area (Å²) < 4.78 is 5.16. The second-order valence-corrected chi connectivity index (χ2v) is 8.25. The molecule has 0 radical (unpaired) electrons. The van der Waals surface area contributed by atoms with Gasteiger partial charge in [-0.05, 0) is 37.1 Å². The predicted molar refractivity (Wildman–Crippen MR) is 107 cm³/mol. The van der Waals surface area contributed by atoms with Crippen molar-refractivity contribution in [1.82, 2.24) is 15.1 Å². The van der Waals surface area contributed by atoms with Crippen molar-refractivity contribution in [3.8, 4) is 5.75 Å². The number of hydrogen-bond acceptors (Lipinski definition) is 6. The summed E-state index contributed by atoms with van der Waals surface area (Å²) in [5.74, 6) is 1.45. The topological polar surface area (TPSA) is 58.6 Å². The molecule has 27 heavy (non-hydrogen) atoms. The Morgan fingerprint density at radius 3 is 2.41 bits per heavy atom. The molecular weight excluding hydrogens is 360 g/mol. The highest BCUT2D eigenvalue weighted by atomic mass is 32.1. The second kappa shape index (κ2) is 8.25. The molecule has 0 bridgehead atoms. The number of hydrogen-bond donors (Lipinski definition) is 0. The molecule has 0 N–H and O–H groups in total. The van der Waals surface area contributed by atoms with Gasteiger partial charge >= 0.3 is 0 Å². The van der Waals surface area contributed by atoms with E-state index < -0.39 is 0 Å². The van der Waals surface area contributed by atoms with Crippen LogP contribution in [-0.4, -0.2) is 54.3 Å². The van der Waals surface area contributed by atoms with Crippen LogP contribution in [0.3, 0.4) is 0 Å². The minimum absolute atomic E-state index is 0.0810. The summed E-state index contributed by atoms with van der Waals surface area (Å²) in [6.45, 7) is 3.04. The fourth-order valence-electron chi connectivity index (χ4n) is 3.89. The van der Waals surface area contributed by atoms with Gasteiger partial charge in [0, 0.05) is 37.7 Å². The summed E-state index contributed by atoms with van der Waals surface area (Å²) in [4.78, 5) is 16.9. The SMILES string of the molecule is COc1ccc(C(=O)N2CCN(c3nnc(C4CCCCC4)s3)CC2)cc1. The third kappa shape index (κ3) is 4.08. The molecule has 1 aliphatic heterocycles. The van der Waals surface area contributed by atoms with Gasteiger partial charge in [0.05, 0.1) is 7.11 Å². The number of benzene rings is 1. The fraction of sp³-hybridized carbons (Fsp3) is 0.550. The summed E-state index contributed by atoms with van der Waals surface area (Å²) in [5, 5.41) is 11.1. The first-order valence-corrected chi connectivity index (χ1v) is 10.6. The van der Waals surface area contributed by atoms with Crippen LogP contribution in [0.15, 0.2) is 24.3 Å². The highest BCUT2D eigenvalue weighted by Gasteiger charge is 2.26. The largest absolute Gasteiger partial charge is 0.497 e. The molecule has 7 heteroatoms. The average Bonchev–Trinajstić information content (AvgIpc) is 3.24. The number of methoxy groups -OCH3 is 1. The number of ether oxygens (including phenoxy) is 1. The van der Waals surface area contributed by atoms with Gasteiger partial charge in [-0.25, -0.2) is 0 Å². The van der Waals surface area contributed by atoms with E-state index in [-0.39, 0.29) is 5.91 Å². The normalized spacial score (nSPS) is 18.6. The molecule has 1 aliphatic carbocycles. The van der Waals surface area contributed by atoms with Crippen molar-refractivity contribution in [3.05, 3.63) is 34.8 Å². The van der Waals surface area contributed by atoms with Gasteiger partial charge in [0.25, 0.3) is 5.91 Å². The Bertz CT molecular complexity index is 763. The first-order valence-electron chi connectivity index (χ1n) is 9.76. The van der Waals surface area contributed by atoms with Crippen molar-refractivity contribution in [2.24, 2.45) is 0 Å². The van der Waals surface area contributed by atoms with Crippen LogP contribution in [0, 0.1) is 0 Å². The Hall–Kier alpha value is -2.15. The maximum atomic E-state index is 12.7. The first kappa shape index (κ1) is 18.2. The summed E-state index contributed by atoms with van der Waals surface area (Å²) in [6, 6.07) is 7.32. The molecule has 0 unspecified atom stereocenters. The lowest BCUT2D eigenvalue weighted by Crippen LogP contribution is -2.48. The van der Waals surface area contributed by atoms with Crippen molar-refractivity contribution >= 4 is 22.4 Å². The van der Waals surface area contributed by atoms with E-state index in [1.54, 1.807) is 18.4 Å². The van der Waals surface area contributed by atoms with Gasteiger partial charge in [0.2, 0.25) is 5.13 Å². The van der Waals surface area contributed by atoms with Crippen LogP contribution in [0.2, 0.25) is 0 Å². The molecule has 2 aliphatic rings. The molecular formula is C20H26N4O2S. The molecule has 4 rings (SSSR count). The molecule has 2 aromatic rings. The van der Waals surface area contributed by atoms with Crippen LogP contribution in [0.4, 0.5) is 5.13 Å². The van der Waals surface area contributed by atoms with Gasteiger partial charge in [-0.15, -0.1) is 10.2 Å². The molecule has 0 atom stereocenters. The van der Waals surface area contributed by atoms with Crippen LogP contribution in [0.1, 0.15) is 53.4 Å². The van der Waals surface area contributed by atoms with Gasteiger partial charge in [-0.2, -0.15) is 0 Å². The maximum Gasteiger partial charge on any atom is 0.253 e. The van der Waals surface area contributed by atoms with E-state index in [4.69, 9.17) is 4.74 Å². The first-order chi connectivity index (χ1) is 13.2. The Morgan fingerprint density at radius 1 is 1.04 bits per heavy atom. The molecule has 1 saturated heterocycles. The van der Waals surface area contributed by atoms with Crippen molar-refractivity contribution in [1.29, 1.82) is 0 Å². The highest BCUT2D eigenvalue weighted by molar-refractivity contribution is 7.15. The maximum absolute atomic E-state index is 12.7. The minimum Gasteiger partial charge on any atom is -0.497 e. The predicted octanol–water partition coefficient (Wildman–Crippen LogP) is 3.56. The molecule has 2 heterocycles. The molecule has 6 nitrogen and oxygen atoms in total. The number of nitrogens with zero attached hydrogens (tertiary/aromatic N) is 4. The number of carbonyl (C=O) groups excluding carboxylic acids is 1. The molecule has 1 aromatic carbocycles. The minimum atomic E-state index is 0.0810. The molecule has 1 amide bonds. The number of carbonyl (C=O) groups is 1. The van der Waals surface area contributed by atoms with Crippen molar-refractivity contribution in [2.75, 3.05) is 38.2 Å². The van der Waals surface area contributed by atoms with E-state index in [0.29, 0.717) is 24.6 Å². The smallest absolute Gasteiger partial charge is 0.253 e. The Balaban J connectivity index is 1.34. The number of amides is 1. The number of piperazine rings is 1. The molecule has 1 aromatic heterocycles. The molecule has 1 saturated carbocycles. The Kier molecular flexibility index (Phi) is 5.57. The Labute approximate surface area is 164 Å². The molecule has 0 spiro atoms. The van der Waals surface area contributed by atoms with Crippen molar-refractivity contribution in [2.45, 2.75) is 38.0 Å². The lowest BCUT2D eigenvalue weighted by Gasteiger charge is -2.34. The summed E-state index contributed by atoms with van der Waals surface area (Å²) in [7, 11) is 1.63. The van der Waals surface area contributed by atoms with Gasteiger partial charge in [-0.3, -0.25) is 4.79 Å². The van der Waals surface area contributed by atoms with E-state index in [1.807, 2.05) is 29.2 Å². The third-order valence-corrected chi connectivity index (χ3v) is 6.71. The van der Waals surface area contributed by atoms with Crippen LogP contribution in [-0.2, 0) is 0 Å². The summed E-state index contributed by atoms with van der Waals surface area (Å²) in [6.07, 6.45) is 6.47. The number of anilines is 1. The zero-order chi connectivity index (χ0) is 18.6. The van der Waals surface area contributed by atoms with Crippen molar-refractivity contribution < 1.29 is 9.53 Å². The summed E-state index contributed by atoms with van der Waals surface area (Å²) in [5.41, 5.74) is 0.708. The highest BCUT2D eigenvalue weighted by Crippen LogP contribution is 2.36. The summed E-state index contributed by atoms with van der Waals surface area (Å²) >= 11 is 1.74. The lowest BCUT2D eigenvalue weighted by atomic mass is 9.90. The standard InChI is InChI=1S/C20H26N4O2S/c1-26-17-9-7-16(8-10-17)19(25)23-11-13-24(14-12-23)20-22-21-18(27-20)15-5-3-2-4-6-15/h7-10,15H,2-6,11-14H2,1H3. The van der Waals surface area contributed by atoms with Crippen LogP contribution in [0.5, 0.6) is 5.75 Å². The number of rotatable bonds is 4. The lowest BCUT2D eigenvalue weighted by molar-refractivity contribution is 0.0746. The van der Waals surface area contributed by atoms with Gasteiger partial charge in [-0.1, -0.05) is 30.6 Å². The molecule has 144 valence electrons. The quantitative estimate of drug-likeness (QED) is 0.804.